The van der Waals surface area contributed by atoms with E-state index in [9.17, 15) is 13.2 Å². The fraction of sp³-hybridized carbons (Fsp3) is 0.458. The number of sulfonamides is 1. The molecule has 2 atom stereocenters. The van der Waals surface area contributed by atoms with Crippen molar-refractivity contribution < 1.29 is 17.9 Å². The number of halogens is 1. The number of fused-ring (bicyclic) bond motifs is 1. The molecule has 0 fully saturated rings. The van der Waals surface area contributed by atoms with Crippen molar-refractivity contribution in [1.29, 1.82) is 0 Å². The lowest BCUT2D eigenvalue weighted by Gasteiger charge is -2.31. The van der Waals surface area contributed by atoms with Gasteiger partial charge in [-0.1, -0.05) is 36.7 Å². The lowest BCUT2D eigenvalue weighted by Crippen LogP contribution is -2.48. The molecule has 6 nitrogen and oxygen atoms in total. The third-order valence-corrected chi connectivity index (χ3v) is 7.43. The molecule has 0 spiro atoms. The third-order valence-electron chi connectivity index (χ3n) is 5.97. The number of ether oxygens (including phenoxy) is 1. The van der Waals surface area contributed by atoms with Gasteiger partial charge in [0.05, 0.1) is 25.1 Å². The summed E-state index contributed by atoms with van der Waals surface area (Å²) in [5.41, 5.74) is 3.99. The van der Waals surface area contributed by atoms with Gasteiger partial charge in [-0.15, -0.1) is 0 Å². The predicted molar refractivity (Wildman–Crippen MR) is 129 cm³/mol. The molecule has 0 heterocycles. The van der Waals surface area contributed by atoms with Gasteiger partial charge in [0.15, 0.2) is 0 Å². The van der Waals surface area contributed by atoms with Gasteiger partial charge in [-0.2, -0.15) is 0 Å². The fourth-order valence-corrected chi connectivity index (χ4v) is 5.64. The summed E-state index contributed by atoms with van der Waals surface area (Å²) in [5, 5.41) is 3.39. The van der Waals surface area contributed by atoms with Gasteiger partial charge in [0.2, 0.25) is 15.9 Å². The van der Waals surface area contributed by atoms with Crippen molar-refractivity contribution in [3.05, 3.63) is 58.1 Å². The van der Waals surface area contributed by atoms with Crippen LogP contribution in [0.4, 0.5) is 5.69 Å². The van der Waals surface area contributed by atoms with Gasteiger partial charge in [-0.3, -0.25) is 9.10 Å². The number of nitrogens with one attached hydrogen (secondary N) is 1. The Hall–Kier alpha value is -2.25. The average Bonchev–Trinajstić information content (AvgIpc) is 2.76. The summed E-state index contributed by atoms with van der Waals surface area (Å²) in [6, 6.07) is 9.89. The Balaban J connectivity index is 1.88. The minimum atomic E-state index is -3.80. The molecule has 1 N–H and O–H groups in total. The molecular weight excluding hydrogens is 448 g/mol. The SMILES string of the molecule is CC[C@H](NC(=O)[C@@H](C)N(c1cc(Cl)ccc1OC)S(C)(=O)=O)c1ccc2c(c1)CCCC2. The van der Waals surface area contributed by atoms with E-state index in [4.69, 9.17) is 16.3 Å². The van der Waals surface area contributed by atoms with Crippen LogP contribution >= 0.6 is 11.6 Å². The molecule has 3 rings (SSSR count). The van der Waals surface area contributed by atoms with E-state index in [1.807, 2.05) is 6.92 Å². The zero-order chi connectivity index (χ0) is 23.5. The van der Waals surface area contributed by atoms with E-state index in [1.54, 1.807) is 19.1 Å². The van der Waals surface area contributed by atoms with Crippen LogP contribution in [0.1, 0.15) is 55.8 Å². The monoisotopic (exact) mass is 478 g/mol. The highest BCUT2D eigenvalue weighted by molar-refractivity contribution is 7.92. The summed E-state index contributed by atoms with van der Waals surface area (Å²) < 4.78 is 31.8. The average molecular weight is 479 g/mol. The molecule has 2 aromatic rings. The Kier molecular flexibility index (Phi) is 7.72. The van der Waals surface area contributed by atoms with Crippen molar-refractivity contribution in [3.63, 3.8) is 0 Å². The van der Waals surface area contributed by atoms with Gasteiger partial charge in [-0.25, -0.2) is 8.42 Å². The number of anilines is 1. The summed E-state index contributed by atoms with van der Waals surface area (Å²) in [4.78, 5) is 13.2. The molecule has 8 heteroatoms. The maximum absolute atomic E-state index is 13.2. The molecule has 1 amide bonds. The van der Waals surface area contributed by atoms with Crippen LogP contribution in [-0.2, 0) is 27.7 Å². The number of hydrogen-bond acceptors (Lipinski definition) is 4. The molecule has 0 bridgehead atoms. The Morgan fingerprint density at radius 3 is 2.47 bits per heavy atom. The van der Waals surface area contributed by atoms with Crippen molar-refractivity contribution in [2.24, 2.45) is 0 Å². The van der Waals surface area contributed by atoms with Crippen molar-refractivity contribution >= 4 is 33.2 Å². The summed E-state index contributed by atoms with van der Waals surface area (Å²) in [6.07, 6.45) is 6.31. The van der Waals surface area contributed by atoms with Crippen molar-refractivity contribution in [1.82, 2.24) is 5.32 Å². The van der Waals surface area contributed by atoms with Crippen LogP contribution in [0, 0.1) is 0 Å². The fourth-order valence-electron chi connectivity index (χ4n) is 4.30. The van der Waals surface area contributed by atoms with Gasteiger partial charge in [0, 0.05) is 5.02 Å². The zero-order valence-electron chi connectivity index (χ0n) is 19.0. The molecule has 0 radical (unpaired) electrons. The lowest BCUT2D eigenvalue weighted by molar-refractivity contribution is -0.122. The van der Waals surface area contributed by atoms with E-state index in [1.165, 1.54) is 37.1 Å². The molecule has 174 valence electrons. The van der Waals surface area contributed by atoms with Gasteiger partial charge >= 0.3 is 0 Å². The Morgan fingerprint density at radius 2 is 1.84 bits per heavy atom. The van der Waals surface area contributed by atoms with E-state index in [2.05, 4.69) is 23.5 Å². The molecule has 0 aromatic heterocycles. The molecule has 0 unspecified atom stereocenters. The largest absolute Gasteiger partial charge is 0.495 e. The second kappa shape index (κ2) is 10.1. The third kappa shape index (κ3) is 5.38. The van der Waals surface area contributed by atoms with Crippen LogP contribution in [-0.4, -0.2) is 33.7 Å². The van der Waals surface area contributed by atoms with E-state index < -0.39 is 16.1 Å². The number of rotatable bonds is 8. The van der Waals surface area contributed by atoms with Gasteiger partial charge in [-0.05, 0) is 73.9 Å². The minimum absolute atomic E-state index is 0.208. The number of methoxy groups -OCH3 is 1. The van der Waals surface area contributed by atoms with Crippen LogP contribution < -0.4 is 14.4 Å². The Morgan fingerprint density at radius 1 is 1.16 bits per heavy atom. The number of carbonyl (C=O) groups excluding carboxylic acids is 1. The second-order valence-corrected chi connectivity index (χ2v) is 10.6. The van der Waals surface area contributed by atoms with E-state index in [0.717, 1.165) is 29.0 Å². The van der Waals surface area contributed by atoms with Crippen molar-refractivity contribution in [2.75, 3.05) is 17.7 Å². The van der Waals surface area contributed by atoms with Gasteiger partial charge in [0.25, 0.3) is 0 Å². The first kappa shape index (κ1) is 24.4. The number of hydrogen-bond donors (Lipinski definition) is 1. The molecule has 0 saturated carbocycles. The first-order valence-corrected chi connectivity index (χ1v) is 13.1. The highest BCUT2D eigenvalue weighted by atomic mass is 35.5. The molecule has 1 aliphatic carbocycles. The number of amides is 1. The number of aryl methyl sites for hydroxylation is 2. The van der Waals surface area contributed by atoms with Crippen LogP contribution in [0.5, 0.6) is 5.75 Å². The number of nitrogens with zero attached hydrogens (tertiary/aromatic N) is 1. The molecule has 32 heavy (non-hydrogen) atoms. The molecule has 0 saturated heterocycles. The highest BCUT2D eigenvalue weighted by Crippen LogP contribution is 2.34. The Bertz CT molecular complexity index is 1090. The smallest absolute Gasteiger partial charge is 0.244 e. The number of carbonyl (C=O) groups is 1. The normalized spacial score (nSPS) is 15.4. The topological polar surface area (TPSA) is 75.7 Å². The maximum atomic E-state index is 13.2. The molecule has 2 aromatic carbocycles. The quantitative estimate of drug-likeness (QED) is 0.599. The van der Waals surface area contributed by atoms with Crippen molar-refractivity contribution in [2.45, 2.75) is 58.0 Å². The van der Waals surface area contributed by atoms with E-state index in [0.29, 0.717) is 17.2 Å². The predicted octanol–water partition coefficient (Wildman–Crippen LogP) is 4.65. The van der Waals surface area contributed by atoms with Gasteiger partial charge < -0.3 is 10.1 Å². The first-order chi connectivity index (χ1) is 15.2. The summed E-state index contributed by atoms with van der Waals surface area (Å²) in [7, 11) is -2.35. The van der Waals surface area contributed by atoms with Crippen LogP contribution in [0.15, 0.2) is 36.4 Å². The van der Waals surface area contributed by atoms with Crippen LogP contribution in [0.25, 0.3) is 0 Å². The summed E-state index contributed by atoms with van der Waals surface area (Å²) in [5.74, 6) is -0.0665. The Labute approximate surface area is 196 Å². The standard InChI is InChI=1S/C24H31ClN2O4S/c1-5-21(19-11-10-17-8-6-7-9-18(17)14-19)26-24(28)16(2)27(32(4,29)30)22-15-20(25)12-13-23(22)31-3/h10-16,21H,5-9H2,1-4H3,(H,26,28)/t16-,21+/m1/s1. The summed E-state index contributed by atoms with van der Waals surface area (Å²) in [6.45, 7) is 3.57. The second-order valence-electron chi connectivity index (χ2n) is 8.26. The highest BCUT2D eigenvalue weighted by Gasteiger charge is 2.32. The van der Waals surface area contributed by atoms with E-state index in [-0.39, 0.29) is 17.6 Å². The maximum Gasteiger partial charge on any atom is 0.244 e. The van der Waals surface area contributed by atoms with Crippen molar-refractivity contribution in [3.8, 4) is 5.75 Å². The van der Waals surface area contributed by atoms with Crippen LogP contribution in [0.2, 0.25) is 5.02 Å². The minimum Gasteiger partial charge on any atom is -0.495 e. The van der Waals surface area contributed by atoms with Crippen LogP contribution in [0.3, 0.4) is 0 Å². The molecular formula is C24H31ClN2O4S. The first-order valence-electron chi connectivity index (χ1n) is 10.9. The number of benzene rings is 2. The molecule has 0 aliphatic heterocycles. The van der Waals surface area contributed by atoms with Gasteiger partial charge in [0.1, 0.15) is 11.8 Å². The van der Waals surface area contributed by atoms with E-state index >= 15 is 0 Å². The molecule has 1 aliphatic rings. The lowest BCUT2D eigenvalue weighted by atomic mass is 9.88. The zero-order valence-corrected chi connectivity index (χ0v) is 20.6. The summed E-state index contributed by atoms with van der Waals surface area (Å²) >= 11 is 6.12.